The summed E-state index contributed by atoms with van der Waals surface area (Å²) in [6.07, 6.45) is 1.72. The molecule has 0 bridgehead atoms. The van der Waals surface area contributed by atoms with Crippen molar-refractivity contribution < 1.29 is 9.53 Å². The monoisotopic (exact) mass is 340 g/mol. The number of carbonyl (C=O) groups is 1. The van der Waals surface area contributed by atoms with E-state index in [-0.39, 0.29) is 29.4 Å². The molecular weight excluding hydrogens is 320 g/mol. The first kappa shape index (κ1) is 16.8. The molecule has 4 N–H and O–H groups in total. The Labute approximate surface area is 145 Å². The number of benzene rings is 1. The molecule has 1 aromatic carbocycles. The van der Waals surface area contributed by atoms with Crippen LogP contribution in [0.5, 0.6) is 5.75 Å². The Morgan fingerprint density at radius 3 is 2.68 bits per heavy atom. The van der Waals surface area contributed by atoms with Crippen LogP contribution in [0.1, 0.15) is 12.8 Å². The first-order valence-electron chi connectivity index (χ1n) is 7.99. The number of aromatic nitrogens is 1. The minimum Gasteiger partial charge on any atom is -0.421 e. The van der Waals surface area contributed by atoms with E-state index in [0.29, 0.717) is 11.4 Å². The fourth-order valence-electron chi connectivity index (χ4n) is 2.67. The number of likely N-dealkylation sites (tertiary alicyclic amines) is 1. The van der Waals surface area contributed by atoms with Crippen molar-refractivity contribution in [2.75, 3.05) is 25.1 Å². The van der Waals surface area contributed by atoms with Gasteiger partial charge in [-0.05, 0) is 38.6 Å². The minimum absolute atomic E-state index is 0.0464. The molecule has 1 aliphatic heterocycles. The number of hydrogen-bond acceptors (Lipinski definition) is 8. The van der Waals surface area contributed by atoms with E-state index < -0.39 is 0 Å². The van der Waals surface area contributed by atoms with E-state index in [1.165, 1.54) is 6.07 Å². The van der Waals surface area contributed by atoms with Gasteiger partial charge in [-0.1, -0.05) is 18.2 Å². The van der Waals surface area contributed by atoms with E-state index >= 15 is 0 Å². The number of hydrogen-bond donors (Lipinski definition) is 2. The Kier molecular flexibility index (Phi) is 4.90. The van der Waals surface area contributed by atoms with Crippen LogP contribution in [-0.2, 0) is 4.79 Å². The van der Waals surface area contributed by atoms with Gasteiger partial charge in [0.05, 0.1) is 5.69 Å². The van der Waals surface area contributed by atoms with Crippen molar-refractivity contribution in [1.82, 2.24) is 9.88 Å². The summed E-state index contributed by atoms with van der Waals surface area (Å²) in [5.41, 5.74) is 12.6. The third kappa shape index (κ3) is 3.92. The molecule has 8 nitrogen and oxygen atoms in total. The largest absolute Gasteiger partial charge is 0.421 e. The van der Waals surface area contributed by atoms with E-state index in [1.807, 2.05) is 30.1 Å². The maximum Gasteiger partial charge on any atom is 0.328 e. The molecule has 1 atom stereocenters. The molecule has 1 aromatic heterocycles. The van der Waals surface area contributed by atoms with Crippen LogP contribution in [0, 0.1) is 0 Å². The second kappa shape index (κ2) is 7.27. The van der Waals surface area contributed by atoms with Crippen molar-refractivity contribution in [2.24, 2.45) is 10.2 Å². The predicted molar refractivity (Wildman–Crippen MR) is 95.0 cm³/mol. The summed E-state index contributed by atoms with van der Waals surface area (Å²) in [6.45, 7) is 0.867. The van der Waals surface area contributed by atoms with Crippen LogP contribution in [0.4, 0.5) is 23.0 Å². The molecule has 0 radical (unpaired) electrons. The number of esters is 1. The maximum absolute atomic E-state index is 12.3. The first-order chi connectivity index (χ1) is 12.0. The molecule has 8 heteroatoms. The van der Waals surface area contributed by atoms with Crippen LogP contribution >= 0.6 is 0 Å². The number of azo groups is 1. The molecule has 0 aliphatic carbocycles. The zero-order chi connectivity index (χ0) is 17.8. The van der Waals surface area contributed by atoms with Crippen LogP contribution in [0.15, 0.2) is 46.6 Å². The fraction of sp³-hybridized carbons (Fsp3) is 0.294. The SMILES string of the molecule is CN1CCCC1C(=O)Oc1cc(N=Nc2ccccc2)c(N)nc1N. The van der Waals surface area contributed by atoms with E-state index in [1.54, 1.807) is 12.1 Å². The molecular formula is C17H20N6O2. The Hall–Kier alpha value is -3.00. The van der Waals surface area contributed by atoms with Gasteiger partial charge in [0.25, 0.3) is 0 Å². The van der Waals surface area contributed by atoms with Gasteiger partial charge < -0.3 is 16.2 Å². The molecule has 0 amide bonds. The number of pyridine rings is 1. The molecule has 25 heavy (non-hydrogen) atoms. The van der Waals surface area contributed by atoms with Crippen molar-refractivity contribution in [3.8, 4) is 5.75 Å². The zero-order valence-corrected chi connectivity index (χ0v) is 13.9. The summed E-state index contributed by atoms with van der Waals surface area (Å²) in [5, 5.41) is 8.17. The van der Waals surface area contributed by atoms with Crippen molar-refractivity contribution in [3.05, 3.63) is 36.4 Å². The third-order valence-electron chi connectivity index (χ3n) is 4.06. The van der Waals surface area contributed by atoms with E-state index in [9.17, 15) is 4.79 Å². The number of carbonyl (C=O) groups excluding carboxylic acids is 1. The quantitative estimate of drug-likeness (QED) is 0.652. The Morgan fingerprint density at radius 2 is 2.00 bits per heavy atom. The van der Waals surface area contributed by atoms with Gasteiger partial charge in [0.1, 0.15) is 11.7 Å². The lowest BCUT2D eigenvalue weighted by Crippen LogP contribution is -2.36. The highest BCUT2D eigenvalue weighted by Gasteiger charge is 2.30. The summed E-state index contributed by atoms with van der Waals surface area (Å²) in [6, 6.07) is 10.4. The lowest BCUT2D eigenvalue weighted by Gasteiger charge is -2.18. The smallest absolute Gasteiger partial charge is 0.328 e. The van der Waals surface area contributed by atoms with Crippen LogP contribution in [-0.4, -0.2) is 35.5 Å². The molecule has 1 fully saturated rings. The molecule has 1 aliphatic rings. The summed E-state index contributed by atoms with van der Waals surface area (Å²) in [5.74, 6) is -0.0501. The molecule has 1 saturated heterocycles. The van der Waals surface area contributed by atoms with Crippen molar-refractivity contribution in [3.63, 3.8) is 0 Å². The number of nitrogens with two attached hydrogens (primary N) is 2. The Bertz CT molecular complexity index is 793. The van der Waals surface area contributed by atoms with Gasteiger partial charge in [0.2, 0.25) is 0 Å². The molecule has 3 rings (SSSR count). The zero-order valence-electron chi connectivity index (χ0n) is 13.9. The third-order valence-corrected chi connectivity index (χ3v) is 4.06. The van der Waals surface area contributed by atoms with Crippen molar-refractivity contribution in [1.29, 1.82) is 0 Å². The fourth-order valence-corrected chi connectivity index (χ4v) is 2.67. The Morgan fingerprint density at radius 1 is 1.24 bits per heavy atom. The average molecular weight is 340 g/mol. The second-order valence-electron chi connectivity index (χ2n) is 5.87. The highest BCUT2D eigenvalue weighted by atomic mass is 16.5. The minimum atomic E-state index is -0.357. The average Bonchev–Trinajstić information content (AvgIpc) is 3.03. The summed E-state index contributed by atoms with van der Waals surface area (Å²) in [7, 11) is 1.89. The van der Waals surface area contributed by atoms with Crippen molar-refractivity contribution in [2.45, 2.75) is 18.9 Å². The molecule has 2 heterocycles. The van der Waals surface area contributed by atoms with Crippen molar-refractivity contribution >= 4 is 29.0 Å². The summed E-state index contributed by atoms with van der Waals surface area (Å²) in [4.78, 5) is 18.3. The number of nitrogens with zero attached hydrogens (tertiary/aromatic N) is 4. The number of anilines is 2. The van der Waals surface area contributed by atoms with E-state index in [2.05, 4.69) is 15.2 Å². The first-order valence-corrected chi connectivity index (χ1v) is 7.99. The van der Waals surface area contributed by atoms with Crippen LogP contribution in [0.3, 0.4) is 0 Å². The maximum atomic E-state index is 12.3. The van der Waals surface area contributed by atoms with Crippen LogP contribution in [0.25, 0.3) is 0 Å². The highest BCUT2D eigenvalue weighted by molar-refractivity contribution is 5.80. The number of ether oxygens (including phenoxy) is 1. The van der Waals surface area contributed by atoms with Crippen LogP contribution in [0.2, 0.25) is 0 Å². The molecule has 2 aromatic rings. The highest BCUT2D eigenvalue weighted by Crippen LogP contribution is 2.32. The normalized spacial score (nSPS) is 17.9. The van der Waals surface area contributed by atoms with Gasteiger partial charge >= 0.3 is 5.97 Å². The van der Waals surface area contributed by atoms with Gasteiger partial charge in [-0.25, -0.2) is 9.78 Å². The van der Waals surface area contributed by atoms with Gasteiger partial charge in [-0.3, -0.25) is 4.90 Å². The van der Waals surface area contributed by atoms with Gasteiger partial charge in [-0.15, -0.1) is 5.11 Å². The van der Waals surface area contributed by atoms with Gasteiger partial charge in [0.15, 0.2) is 17.4 Å². The molecule has 1 unspecified atom stereocenters. The summed E-state index contributed by atoms with van der Waals surface area (Å²) >= 11 is 0. The lowest BCUT2D eigenvalue weighted by molar-refractivity contribution is -0.138. The Balaban J connectivity index is 1.80. The number of likely N-dealkylation sites (N-methyl/N-ethyl adjacent to an activating group) is 1. The molecule has 130 valence electrons. The van der Waals surface area contributed by atoms with E-state index in [0.717, 1.165) is 19.4 Å². The van der Waals surface area contributed by atoms with Gasteiger partial charge in [-0.2, -0.15) is 5.11 Å². The summed E-state index contributed by atoms with van der Waals surface area (Å²) < 4.78 is 5.42. The second-order valence-corrected chi connectivity index (χ2v) is 5.87. The van der Waals surface area contributed by atoms with Crippen LogP contribution < -0.4 is 16.2 Å². The standard InChI is InChI=1S/C17H20N6O2/c1-23-9-5-8-13(23)17(24)25-14-10-12(15(18)20-16(14)19)22-21-11-6-3-2-4-7-11/h2-4,6-7,10,13H,5,8-9H2,1H3,(H4,18,19,20). The molecule has 0 saturated carbocycles. The number of nitrogen functional groups attached to an aromatic ring is 2. The van der Waals surface area contributed by atoms with E-state index in [4.69, 9.17) is 16.2 Å². The predicted octanol–water partition coefficient (Wildman–Crippen LogP) is 2.66. The topological polar surface area (TPSA) is 119 Å². The van der Waals surface area contributed by atoms with Gasteiger partial charge in [0, 0.05) is 6.07 Å². The lowest BCUT2D eigenvalue weighted by atomic mass is 10.2. The number of rotatable bonds is 4. The molecule has 0 spiro atoms.